The van der Waals surface area contributed by atoms with E-state index in [2.05, 4.69) is 17.0 Å². The molecule has 0 unspecified atom stereocenters. The van der Waals surface area contributed by atoms with Crippen LogP contribution in [0.1, 0.15) is 31.7 Å². The molecule has 0 saturated carbocycles. The van der Waals surface area contributed by atoms with Crippen molar-refractivity contribution in [1.82, 2.24) is 4.90 Å². The molecule has 1 fully saturated rings. The summed E-state index contributed by atoms with van der Waals surface area (Å²) in [4.78, 5) is 17.1. The van der Waals surface area contributed by atoms with Crippen LogP contribution in [0.15, 0.2) is 42.5 Å². The Bertz CT molecular complexity index is 818. The van der Waals surface area contributed by atoms with Gasteiger partial charge in [-0.3, -0.25) is 4.79 Å². The molecule has 29 heavy (non-hydrogen) atoms. The first-order chi connectivity index (χ1) is 14.0. The number of carbonyl (C=O) groups excluding carboxylic acids is 1. The summed E-state index contributed by atoms with van der Waals surface area (Å²) in [5.41, 5.74) is 2.15. The van der Waals surface area contributed by atoms with Crippen molar-refractivity contribution in [2.75, 3.05) is 31.6 Å². The van der Waals surface area contributed by atoms with Crippen LogP contribution in [0.3, 0.4) is 0 Å². The highest BCUT2D eigenvalue weighted by atomic mass is 35.5. The van der Waals surface area contributed by atoms with Crippen molar-refractivity contribution in [3.05, 3.63) is 58.1 Å². The molecule has 0 spiro atoms. The molecule has 2 aromatic carbocycles. The molecule has 1 heterocycles. The van der Waals surface area contributed by atoms with E-state index in [0.29, 0.717) is 16.5 Å². The number of piperidine rings is 1. The highest BCUT2D eigenvalue weighted by Gasteiger charge is 2.28. The van der Waals surface area contributed by atoms with E-state index in [-0.39, 0.29) is 11.9 Å². The van der Waals surface area contributed by atoms with E-state index < -0.39 is 0 Å². The first kappa shape index (κ1) is 21.9. The normalized spacial score (nSPS) is 15.3. The number of carbonyl (C=O) groups is 1. The number of amides is 1. The highest BCUT2D eigenvalue weighted by molar-refractivity contribution is 6.42. The van der Waals surface area contributed by atoms with E-state index in [4.69, 9.17) is 27.9 Å². The van der Waals surface area contributed by atoms with Gasteiger partial charge in [-0.05, 0) is 55.2 Å². The maximum atomic E-state index is 12.7. The zero-order chi connectivity index (χ0) is 20.8. The average molecular weight is 435 g/mol. The number of methoxy groups -OCH3 is 1. The van der Waals surface area contributed by atoms with E-state index in [1.54, 1.807) is 19.2 Å². The van der Waals surface area contributed by atoms with Crippen LogP contribution in [0.5, 0.6) is 5.75 Å². The van der Waals surface area contributed by atoms with Gasteiger partial charge >= 0.3 is 0 Å². The van der Waals surface area contributed by atoms with Crippen LogP contribution in [-0.2, 0) is 11.2 Å². The average Bonchev–Trinajstić information content (AvgIpc) is 2.76. The minimum Gasteiger partial charge on any atom is -0.497 e. The van der Waals surface area contributed by atoms with Gasteiger partial charge in [0.2, 0.25) is 5.91 Å². The van der Waals surface area contributed by atoms with Gasteiger partial charge < -0.3 is 14.5 Å². The lowest BCUT2D eigenvalue weighted by atomic mass is 10.0. The van der Waals surface area contributed by atoms with Gasteiger partial charge in [0.25, 0.3) is 0 Å². The molecule has 1 aliphatic rings. The molecular formula is C23H28Cl2N2O2. The zero-order valence-electron chi connectivity index (χ0n) is 17.0. The second kappa shape index (κ2) is 10.3. The summed E-state index contributed by atoms with van der Waals surface area (Å²) < 4.78 is 5.22. The SMILES string of the molecule is CCC(=O)N(c1ccc(Cl)c(Cl)c1)C1CCN(CCc2ccc(OC)cc2)CC1. The summed E-state index contributed by atoms with van der Waals surface area (Å²) in [5, 5.41) is 0.989. The third-order valence-corrected chi connectivity index (χ3v) is 6.29. The van der Waals surface area contributed by atoms with Crippen LogP contribution in [0, 0.1) is 0 Å². The third-order valence-electron chi connectivity index (χ3n) is 5.55. The maximum Gasteiger partial charge on any atom is 0.226 e. The summed E-state index contributed by atoms with van der Waals surface area (Å²) in [6.07, 6.45) is 3.39. The van der Waals surface area contributed by atoms with Gasteiger partial charge in [0.05, 0.1) is 17.2 Å². The van der Waals surface area contributed by atoms with Gasteiger partial charge in [-0.1, -0.05) is 42.3 Å². The van der Waals surface area contributed by atoms with E-state index in [1.807, 2.05) is 30.0 Å². The van der Waals surface area contributed by atoms with Crippen LogP contribution >= 0.6 is 23.2 Å². The highest BCUT2D eigenvalue weighted by Crippen LogP contribution is 2.31. The fourth-order valence-electron chi connectivity index (χ4n) is 3.84. The molecule has 0 atom stereocenters. The largest absolute Gasteiger partial charge is 0.497 e. The predicted octanol–water partition coefficient (Wildman–Crippen LogP) is 5.45. The van der Waals surface area contributed by atoms with Crippen molar-refractivity contribution in [2.24, 2.45) is 0 Å². The zero-order valence-corrected chi connectivity index (χ0v) is 18.5. The van der Waals surface area contributed by atoms with Crippen molar-refractivity contribution < 1.29 is 9.53 Å². The second-order valence-corrected chi connectivity index (χ2v) is 8.20. The Balaban J connectivity index is 1.59. The molecular weight excluding hydrogens is 407 g/mol. The number of benzene rings is 2. The van der Waals surface area contributed by atoms with Gasteiger partial charge in [0, 0.05) is 37.8 Å². The molecule has 4 nitrogen and oxygen atoms in total. The molecule has 0 aromatic heterocycles. The minimum absolute atomic E-state index is 0.125. The molecule has 6 heteroatoms. The third kappa shape index (κ3) is 5.65. The van der Waals surface area contributed by atoms with E-state index in [0.717, 1.165) is 50.3 Å². The first-order valence-electron chi connectivity index (χ1n) is 10.1. The van der Waals surface area contributed by atoms with E-state index in [9.17, 15) is 4.79 Å². The van der Waals surface area contributed by atoms with Gasteiger partial charge in [-0.15, -0.1) is 0 Å². The number of ether oxygens (including phenoxy) is 1. The van der Waals surface area contributed by atoms with Gasteiger partial charge in [-0.25, -0.2) is 0 Å². The summed E-state index contributed by atoms with van der Waals surface area (Å²) in [5.74, 6) is 1.01. The summed E-state index contributed by atoms with van der Waals surface area (Å²) >= 11 is 12.3. The molecule has 1 saturated heterocycles. The van der Waals surface area contributed by atoms with E-state index in [1.165, 1.54) is 5.56 Å². The Hall–Kier alpha value is -1.75. The van der Waals surface area contributed by atoms with Crippen LogP contribution in [0.2, 0.25) is 10.0 Å². The Kier molecular flexibility index (Phi) is 7.82. The van der Waals surface area contributed by atoms with Gasteiger partial charge in [-0.2, -0.15) is 0 Å². The second-order valence-electron chi connectivity index (χ2n) is 7.39. The molecule has 0 N–H and O–H groups in total. The van der Waals surface area contributed by atoms with Crippen molar-refractivity contribution in [2.45, 2.75) is 38.6 Å². The monoisotopic (exact) mass is 434 g/mol. The summed E-state index contributed by atoms with van der Waals surface area (Å²) in [7, 11) is 1.68. The van der Waals surface area contributed by atoms with Gasteiger partial charge in [0.1, 0.15) is 5.75 Å². The topological polar surface area (TPSA) is 32.8 Å². The Morgan fingerprint density at radius 1 is 1.10 bits per heavy atom. The fourth-order valence-corrected chi connectivity index (χ4v) is 4.14. The summed E-state index contributed by atoms with van der Waals surface area (Å²) in [6, 6.07) is 13.9. The Morgan fingerprint density at radius 3 is 2.38 bits per heavy atom. The lowest BCUT2D eigenvalue weighted by Gasteiger charge is -2.38. The number of anilines is 1. The smallest absolute Gasteiger partial charge is 0.226 e. The number of hydrogen-bond acceptors (Lipinski definition) is 3. The molecule has 1 aliphatic heterocycles. The molecule has 0 aliphatic carbocycles. The molecule has 3 rings (SSSR count). The van der Waals surface area contributed by atoms with Crippen LogP contribution < -0.4 is 9.64 Å². The first-order valence-corrected chi connectivity index (χ1v) is 10.9. The van der Waals surface area contributed by atoms with Crippen molar-refractivity contribution in [3.63, 3.8) is 0 Å². The number of hydrogen-bond donors (Lipinski definition) is 0. The van der Waals surface area contributed by atoms with E-state index >= 15 is 0 Å². The van der Waals surface area contributed by atoms with Crippen molar-refractivity contribution in [3.8, 4) is 5.75 Å². The lowest BCUT2D eigenvalue weighted by Crippen LogP contribution is -2.47. The lowest BCUT2D eigenvalue weighted by molar-refractivity contribution is -0.119. The minimum atomic E-state index is 0.125. The van der Waals surface area contributed by atoms with Crippen LogP contribution in [0.25, 0.3) is 0 Å². The molecule has 2 aromatic rings. The Morgan fingerprint density at radius 2 is 1.79 bits per heavy atom. The molecule has 156 valence electrons. The maximum absolute atomic E-state index is 12.7. The Labute approximate surface area is 183 Å². The standard InChI is InChI=1S/C23H28Cl2N2O2/c1-3-23(28)27(19-6-9-21(24)22(25)16-19)18-11-14-26(15-12-18)13-10-17-4-7-20(29-2)8-5-17/h4-9,16,18H,3,10-15H2,1-2H3. The summed E-state index contributed by atoms with van der Waals surface area (Å²) in [6.45, 7) is 4.88. The molecule has 0 bridgehead atoms. The number of likely N-dealkylation sites (tertiary alicyclic amines) is 1. The predicted molar refractivity (Wildman–Crippen MR) is 120 cm³/mol. The van der Waals surface area contributed by atoms with Crippen molar-refractivity contribution >= 4 is 34.8 Å². The molecule has 0 radical (unpaired) electrons. The van der Waals surface area contributed by atoms with Gasteiger partial charge in [0.15, 0.2) is 0 Å². The quantitative estimate of drug-likeness (QED) is 0.580. The van der Waals surface area contributed by atoms with Crippen LogP contribution in [0.4, 0.5) is 5.69 Å². The van der Waals surface area contributed by atoms with Crippen LogP contribution in [-0.4, -0.2) is 43.6 Å². The van der Waals surface area contributed by atoms with Crippen molar-refractivity contribution in [1.29, 1.82) is 0 Å². The number of rotatable bonds is 7. The number of nitrogens with zero attached hydrogens (tertiary/aromatic N) is 2. The number of halogens is 2. The molecule has 1 amide bonds. The fraction of sp³-hybridized carbons (Fsp3) is 0.435.